The molecule has 0 aliphatic rings. The minimum absolute atomic E-state index is 0.286. The van der Waals surface area contributed by atoms with E-state index in [1.54, 1.807) is 6.33 Å². The minimum atomic E-state index is 0.286. The van der Waals surface area contributed by atoms with Crippen molar-refractivity contribution in [3.8, 4) is 74.0 Å². The molecule has 1 N–H and O–H groups in total. The van der Waals surface area contributed by atoms with Gasteiger partial charge in [-0.2, -0.15) is 0 Å². The standard InChI is InChI=1S/C38H25N3.C32H20N2Se.C30H20N4.C20H14N2.C14H11N3/c1-2-10-27(11-3-1)39-23-22-26-24-33-32-14-6-9-17-36(32)41(38(33)25-37(26)39)29-20-18-28(19-21-29)40-34-15-7-4-12-30(34)31-13-5-8-16-35(31)40;1-2-9-22(10-3-1)33-18-17-21-19-26-23-11-4-6-14-27(23)34(30(26)20-29(21)33)28-15-8-13-25-24-12-5-7-16-31(24)35-32(25)28;1-3-9-21(10-4-1)26-15-16-30(32-31-26)34-27-14-8-7-13-24(27)25-19-22-17-18-33(28(22)20-29(25)34)23-11-5-2-6-12-23;1-2-6-15(7-3-1)22-11-10-14-12-17-16-8-4-5-9-18(16)21-19(17)13-20(14)22;1-3-7-12(8-4-1)14-16-15-11-17(14)13-9-5-2-6-10-13/h1-25H;1-20H;1-20H;1-13,21H;1-11H. The molecule has 0 unspecified atom stereocenters. The summed E-state index contributed by atoms with van der Waals surface area (Å²) in [6.45, 7) is 0. The van der Waals surface area contributed by atoms with E-state index < -0.39 is 0 Å². The molecule has 0 aliphatic heterocycles. The third-order valence-corrected chi connectivity index (χ3v) is 31.6. The predicted molar refractivity (Wildman–Crippen MR) is 620 cm³/mol. The van der Waals surface area contributed by atoms with Crippen LogP contribution in [-0.4, -0.2) is 81.0 Å². The zero-order valence-electron chi connectivity index (χ0n) is 80.6. The molecule has 0 bridgehead atoms. The first-order valence-corrected chi connectivity index (χ1v) is 51.9. The number of nitrogens with zero attached hydrogens (tertiary/aromatic N) is 13. The second-order valence-corrected chi connectivity index (χ2v) is 39.8. The summed E-state index contributed by atoms with van der Waals surface area (Å²) in [5.74, 6) is 1.67. The molecule has 15 heteroatoms. The predicted octanol–water partition coefficient (Wildman–Crippen LogP) is 33.3. The number of rotatable bonds is 11. The third kappa shape index (κ3) is 15.3. The monoisotopic (exact) mass is 1970 g/mol. The second-order valence-electron chi connectivity index (χ2n) is 37.6. The molecule has 0 saturated carbocycles. The summed E-state index contributed by atoms with van der Waals surface area (Å²) in [6.07, 6.45) is 10.4. The van der Waals surface area contributed by atoms with Crippen molar-refractivity contribution in [1.29, 1.82) is 0 Å². The van der Waals surface area contributed by atoms with Crippen molar-refractivity contribution in [3.63, 3.8) is 0 Å². The van der Waals surface area contributed by atoms with Crippen LogP contribution >= 0.6 is 0 Å². The van der Waals surface area contributed by atoms with Crippen molar-refractivity contribution in [3.05, 3.63) is 541 Å². The van der Waals surface area contributed by atoms with Gasteiger partial charge in [0, 0.05) is 134 Å². The first-order valence-electron chi connectivity index (χ1n) is 50.2. The van der Waals surface area contributed by atoms with E-state index in [1.165, 1.54) is 178 Å². The molecule has 0 fully saturated rings. The summed E-state index contributed by atoms with van der Waals surface area (Å²) in [6, 6.07) is 180. The Morgan fingerprint density at radius 3 is 1.00 bits per heavy atom. The molecule has 0 aliphatic carbocycles. The number of H-pyrrole nitrogens is 1. The Morgan fingerprint density at radius 1 is 0.195 bits per heavy atom. The summed E-state index contributed by atoms with van der Waals surface area (Å²) in [5.41, 5.74) is 29.2. The van der Waals surface area contributed by atoms with Gasteiger partial charge in [0.1, 0.15) is 6.33 Å². The Hall–Kier alpha value is -19.7. The topological polar surface area (TPSA) is 112 Å². The van der Waals surface area contributed by atoms with E-state index >= 15 is 0 Å². The van der Waals surface area contributed by atoms with Crippen LogP contribution < -0.4 is 0 Å². The van der Waals surface area contributed by atoms with Crippen molar-refractivity contribution in [2.75, 3.05) is 0 Å². The molecule has 149 heavy (non-hydrogen) atoms. The maximum absolute atomic E-state index is 4.65. The number of aromatic nitrogens is 14. The summed E-state index contributed by atoms with van der Waals surface area (Å²) in [5, 5.41) is 37.8. The zero-order chi connectivity index (χ0) is 98.4. The van der Waals surface area contributed by atoms with Gasteiger partial charge in [-0.3, -0.25) is 9.13 Å². The van der Waals surface area contributed by atoms with E-state index in [0.717, 1.165) is 67.8 Å². The van der Waals surface area contributed by atoms with Crippen LogP contribution in [0.3, 0.4) is 0 Å². The summed E-state index contributed by atoms with van der Waals surface area (Å²) in [7, 11) is 0. The van der Waals surface area contributed by atoms with E-state index in [4.69, 9.17) is 0 Å². The number of hydrogen-bond donors (Lipinski definition) is 1. The number of benzene rings is 20. The van der Waals surface area contributed by atoms with Crippen LogP contribution in [0, 0.1) is 0 Å². The molecule has 20 aromatic carbocycles. The molecule has 32 rings (SSSR count). The number of aromatic amines is 1. The van der Waals surface area contributed by atoms with Gasteiger partial charge in [0.2, 0.25) is 0 Å². The molecule has 0 atom stereocenters. The van der Waals surface area contributed by atoms with Gasteiger partial charge in [0.15, 0.2) is 11.6 Å². The first-order chi connectivity index (χ1) is 73.9. The molecular formula is C134H90N14Se. The fraction of sp³-hybridized carbons (Fsp3) is 0. The van der Waals surface area contributed by atoms with E-state index in [0.29, 0.717) is 0 Å². The van der Waals surface area contributed by atoms with E-state index in [1.807, 2.05) is 102 Å². The van der Waals surface area contributed by atoms with E-state index in [2.05, 4.69) is 499 Å². The van der Waals surface area contributed by atoms with Crippen molar-refractivity contribution >= 4 is 186 Å². The van der Waals surface area contributed by atoms with Crippen LogP contribution in [-0.2, 0) is 0 Å². The van der Waals surface area contributed by atoms with Crippen LogP contribution in [0.2, 0.25) is 0 Å². The molecule has 12 heterocycles. The molecule has 0 spiro atoms. The van der Waals surface area contributed by atoms with Gasteiger partial charge >= 0.3 is 208 Å². The van der Waals surface area contributed by atoms with Gasteiger partial charge < -0.3 is 27.8 Å². The van der Waals surface area contributed by atoms with Gasteiger partial charge in [-0.25, -0.2) is 0 Å². The number of hydrogen-bond acceptors (Lipinski definition) is 4. The van der Waals surface area contributed by atoms with Crippen LogP contribution in [0.1, 0.15) is 0 Å². The number of nitrogens with one attached hydrogen (secondary N) is 1. The molecule has 12 aromatic heterocycles. The van der Waals surface area contributed by atoms with Crippen molar-refractivity contribution in [2.24, 2.45) is 0 Å². The van der Waals surface area contributed by atoms with Crippen LogP contribution in [0.5, 0.6) is 0 Å². The Labute approximate surface area is 861 Å². The summed E-state index contributed by atoms with van der Waals surface area (Å²) < 4.78 is 23.5. The van der Waals surface area contributed by atoms with Gasteiger partial charge in [0.25, 0.3) is 0 Å². The van der Waals surface area contributed by atoms with E-state index in [9.17, 15) is 0 Å². The van der Waals surface area contributed by atoms with Crippen LogP contribution in [0.25, 0.3) is 246 Å². The SMILES string of the molecule is c1ccc(-c2ccc(-n3c4ccccc4c4cc5ccn(-c6ccccc6)c5cc43)nn2)cc1.c1ccc(-c2nncn2-c2ccccc2)cc1.c1ccc(-n2ccc3cc4c(cc32)[nH]c2ccccc24)cc1.c1ccc(-n2ccc3cc4c5ccccc5n(-c5ccc(-n6c7ccccc7c7ccccc76)cc5)c4cc32)cc1.c1ccc(-n2ccc3cc4c5ccccc5n(-c5cccc6c5[se]c5ccccc56)c4cc32)cc1. The average molecular weight is 1980 g/mol. The van der Waals surface area contributed by atoms with E-state index in [-0.39, 0.29) is 14.5 Å². The van der Waals surface area contributed by atoms with Gasteiger partial charge in [-0.1, -0.05) is 224 Å². The normalized spacial score (nSPS) is 11.6. The van der Waals surface area contributed by atoms with Crippen molar-refractivity contribution < 1.29 is 0 Å². The molecule has 14 nitrogen and oxygen atoms in total. The molecular weight excluding hydrogens is 1880 g/mol. The number of fused-ring (bicyclic) bond motifs is 22. The van der Waals surface area contributed by atoms with Gasteiger partial charge in [-0.15, -0.1) is 20.4 Å². The maximum atomic E-state index is 4.65. The summed E-state index contributed by atoms with van der Waals surface area (Å²) >= 11 is 0.286. The Bertz CT molecular complexity index is 10500. The third-order valence-electron chi connectivity index (χ3n) is 29.0. The van der Waals surface area contributed by atoms with Crippen LogP contribution in [0.4, 0.5) is 0 Å². The van der Waals surface area contributed by atoms with Crippen molar-refractivity contribution in [1.82, 2.24) is 66.5 Å². The zero-order valence-corrected chi connectivity index (χ0v) is 82.3. The molecule has 32 aromatic rings. The first kappa shape index (κ1) is 87.1. The van der Waals surface area contributed by atoms with Crippen molar-refractivity contribution in [2.45, 2.75) is 0 Å². The fourth-order valence-corrected chi connectivity index (χ4v) is 24.7. The van der Waals surface area contributed by atoms with Gasteiger partial charge in [0.05, 0.1) is 55.3 Å². The Morgan fingerprint density at radius 2 is 0.544 bits per heavy atom. The molecule has 0 saturated heterocycles. The molecule has 0 amide bonds. The Kier molecular flexibility index (Phi) is 21.6. The fourth-order valence-electron chi connectivity index (χ4n) is 22.2. The second kappa shape index (κ2) is 36.9. The Balaban J connectivity index is 0.0000000922. The van der Waals surface area contributed by atoms with Gasteiger partial charge in [-0.05, 0) is 170 Å². The number of para-hydroxylation sites is 11. The van der Waals surface area contributed by atoms with Crippen LogP contribution in [0.15, 0.2) is 541 Å². The molecule has 702 valence electrons. The molecule has 0 radical (unpaired) electrons. The average Bonchev–Trinajstić information content (AvgIpc) is 1.58. The summed E-state index contributed by atoms with van der Waals surface area (Å²) in [4.78, 5) is 3.53. The quantitative estimate of drug-likeness (QED) is 0.130.